The number of rotatable bonds is 4. The van der Waals surface area contributed by atoms with Crippen molar-refractivity contribution < 1.29 is 4.92 Å². The zero-order valence-electron chi connectivity index (χ0n) is 7.11. The van der Waals surface area contributed by atoms with Crippen LogP contribution in [0.1, 0.15) is 0 Å². The van der Waals surface area contributed by atoms with Gasteiger partial charge in [-0.15, -0.1) is 0 Å². The van der Waals surface area contributed by atoms with Gasteiger partial charge in [0.1, 0.15) is 12.4 Å². The zero-order valence-corrected chi connectivity index (χ0v) is 8.69. The van der Waals surface area contributed by atoms with Crippen molar-refractivity contribution in [1.29, 1.82) is 0 Å². The number of halogens is 1. The molecule has 0 fully saturated rings. The highest BCUT2D eigenvalue weighted by Gasteiger charge is 2.05. The third kappa shape index (κ3) is 3.09. The molecule has 0 aliphatic rings. The van der Waals surface area contributed by atoms with E-state index in [1.54, 1.807) is 0 Å². The van der Waals surface area contributed by atoms with Crippen LogP contribution < -0.4 is 5.32 Å². The Kier molecular flexibility index (Phi) is 3.52. The summed E-state index contributed by atoms with van der Waals surface area (Å²) in [4.78, 5) is 17.2. The second kappa shape index (κ2) is 4.66. The summed E-state index contributed by atoms with van der Waals surface area (Å²) in [7, 11) is 0. The van der Waals surface area contributed by atoms with E-state index < -0.39 is 4.92 Å². The molecule has 74 valence electrons. The second-order valence-corrected chi connectivity index (χ2v) is 3.51. The van der Waals surface area contributed by atoms with Crippen molar-refractivity contribution in [2.45, 2.75) is 0 Å². The quantitative estimate of drug-likeness (QED) is 0.657. The van der Waals surface area contributed by atoms with Gasteiger partial charge in [0.15, 0.2) is 0 Å². The summed E-state index contributed by atoms with van der Waals surface area (Å²) in [5.74, 6) is 0.330. The fourth-order valence-electron chi connectivity index (χ4n) is 0.682. The Balaban J connectivity index is 2.64. The first-order valence-electron chi connectivity index (χ1n) is 3.63. The van der Waals surface area contributed by atoms with Gasteiger partial charge in [-0.1, -0.05) is 22.5 Å². The van der Waals surface area contributed by atoms with Crippen molar-refractivity contribution in [3.63, 3.8) is 0 Å². The van der Waals surface area contributed by atoms with E-state index in [1.165, 1.54) is 0 Å². The summed E-state index contributed by atoms with van der Waals surface area (Å²) in [5.41, 5.74) is -0.131. The molecule has 7 heteroatoms. The number of nitrogens with zero attached hydrogens (tertiary/aromatic N) is 3. The van der Waals surface area contributed by atoms with Crippen molar-refractivity contribution in [2.75, 3.05) is 11.9 Å². The van der Waals surface area contributed by atoms with Gasteiger partial charge in [-0.25, -0.2) is 9.97 Å². The summed E-state index contributed by atoms with van der Waals surface area (Å²) in [6, 6.07) is 0. The fraction of sp³-hybridized carbons (Fsp3) is 0.143. The van der Waals surface area contributed by atoms with Crippen molar-refractivity contribution in [2.24, 2.45) is 0 Å². The number of nitrogens with one attached hydrogen (secondary N) is 1. The van der Waals surface area contributed by atoms with Gasteiger partial charge in [0, 0.05) is 11.0 Å². The van der Waals surface area contributed by atoms with Crippen LogP contribution in [0.5, 0.6) is 0 Å². The molecule has 1 aromatic rings. The molecule has 0 radical (unpaired) electrons. The number of aromatic nitrogens is 2. The predicted molar refractivity (Wildman–Crippen MR) is 55.2 cm³/mol. The normalized spacial score (nSPS) is 9.50. The number of hydrogen-bond acceptors (Lipinski definition) is 5. The Labute approximate surface area is 88.3 Å². The molecule has 1 heterocycles. The van der Waals surface area contributed by atoms with Crippen molar-refractivity contribution in [3.05, 3.63) is 33.6 Å². The van der Waals surface area contributed by atoms with Gasteiger partial charge in [0.05, 0.1) is 4.92 Å². The van der Waals surface area contributed by atoms with Crippen molar-refractivity contribution in [3.8, 4) is 0 Å². The lowest BCUT2D eigenvalue weighted by atomic mass is 10.5. The molecule has 0 spiro atoms. The average Bonchev–Trinajstić information content (AvgIpc) is 2.15. The van der Waals surface area contributed by atoms with E-state index in [9.17, 15) is 10.1 Å². The van der Waals surface area contributed by atoms with E-state index >= 15 is 0 Å². The van der Waals surface area contributed by atoms with E-state index in [0.29, 0.717) is 12.5 Å². The van der Waals surface area contributed by atoms with Crippen LogP contribution in [0.3, 0.4) is 0 Å². The highest BCUT2D eigenvalue weighted by atomic mass is 79.9. The van der Waals surface area contributed by atoms with Crippen LogP contribution in [0.2, 0.25) is 0 Å². The SMILES string of the molecule is C=C(Br)CNc1ncc([N+](=O)[O-])cn1. The zero-order chi connectivity index (χ0) is 10.6. The van der Waals surface area contributed by atoms with Crippen LogP contribution >= 0.6 is 15.9 Å². The van der Waals surface area contributed by atoms with Gasteiger partial charge in [-0.3, -0.25) is 10.1 Å². The Hall–Kier alpha value is -1.50. The maximum atomic E-state index is 10.3. The van der Waals surface area contributed by atoms with E-state index in [0.717, 1.165) is 16.9 Å². The molecule has 0 atom stereocenters. The minimum Gasteiger partial charge on any atom is -0.350 e. The first kappa shape index (κ1) is 10.6. The van der Waals surface area contributed by atoms with Crippen LogP contribution in [0.15, 0.2) is 23.5 Å². The topological polar surface area (TPSA) is 81.0 Å². The van der Waals surface area contributed by atoms with Gasteiger partial charge < -0.3 is 5.32 Å². The molecule has 1 rings (SSSR count). The van der Waals surface area contributed by atoms with E-state index in [-0.39, 0.29) is 5.69 Å². The minimum atomic E-state index is -0.548. The second-order valence-electron chi connectivity index (χ2n) is 2.39. The molecule has 0 bridgehead atoms. The molecule has 0 amide bonds. The van der Waals surface area contributed by atoms with Gasteiger partial charge in [0.25, 0.3) is 0 Å². The van der Waals surface area contributed by atoms with Crippen LogP contribution in [0.25, 0.3) is 0 Å². The lowest BCUT2D eigenvalue weighted by Crippen LogP contribution is -2.04. The summed E-state index contributed by atoms with van der Waals surface area (Å²) in [6.45, 7) is 4.08. The molecule has 0 saturated carbocycles. The fourth-order valence-corrected chi connectivity index (χ4v) is 0.822. The van der Waals surface area contributed by atoms with Gasteiger partial charge in [-0.05, 0) is 0 Å². The predicted octanol–water partition coefficient (Wildman–Crippen LogP) is 1.71. The van der Waals surface area contributed by atoms with Gasteiger partial charge >= 0.3 is 5.69 Å². The summed E-state index contributed by atoms with van der Waals surface area (Å²) < 4.78 is 0.749. The molecular formula is C7H7BrN4O2. The molecule has 1 N–H and O–H groups in total. The van der Waals surface area contributed by atoms with Gasteiger partial charge in [0.2, 0.25) is 5.95 Å². The van der Waals surface area contributed by atoms with Crippen LogP contribution in [0, 0.1) is 10.1 Å². The number of anilines is 1. The molecule has 14 heavy (non-hydrogen) atoms. The number of hydrogen-bond donors (Lipinski definition) is 1. The van der Waals surface area contributed by atoms with Crippen LogP contribution in [0.4, 0.5) is 11.6 Å². The van der Waals surface area contributed by atoms with Crippen molar-refractivity contribution >= 4 is 27.6 Å². The molecule has 6 nitrogen and oxygen atoms in total. The average molecular weight is 259 g/mol. The van der Waals surface area contributed by atoms with E-state index in [4.69, 9.17) is 0 Å². The maximum absolute atomic E-state index is 10.3. The third-order valence-electron chi connectivity index (χ3n) is 1.29. The minimum absolute atomic E-state index is 0.131. The molecule has 0 saturated heterocycles. The summed E-state index contributed by atoms with van der Waals surface area (Å²) >= 11 is 3.15. The Bertz CT molecular complexity index is 351. The molecule has 0 aliphatic carbocycles. The Morgan fingerprint density at radius 1 is 1.64 bits per heavy atom. The lowest BCUT2D eigenvalue weighted by molar-refractivity contribution is -0.385. The molecule has 1 aromatic heterocycles. The van der Waals surface area contributed by atoms with Crippen molar-refractivity contribution in [1.82, 2.24) is 9.97 Å². The molecule has 0 unspecified atom stereocenters. The Morgan fingerprint density at radius 3 is 2.64 bits per heavy atom. The van der Waals surface area contributed by atoms with E-state index in [2.05, 4.69) is 37.8 Å². The third-order valence-corrected chi connectivity index (χ3v) is 1.57. The van der Waals surface area contributed by atoms with Crippen LogP contribution in [-0.2, 0) is 0 Å². The number of nitro groups is 1. The monoisotopic (exact) mass is 258 g/mol. The first-order chi connectivity index (χ1) is 6.59. The smallest absolute Gasteiger partial charge is 0.305 e. The lowest BCUT2D eigenvalue weighted by Gasteiger charge is -2.01. The summed E-state index contributed by atoms with van der Waals surface area (Å²) in [5, 5.41) is 13.1. The molecule has 0 aromatic carbocycles. The Morgan fingerprint density at radius 2 is 2.21 bits per heavy atom. The largest absolute Gasteiger partial charge is 0.350 e. The van der Waals surface area contributed by atoms with Crippen LogP contribution in [-0.4, -0.2) is 21.4 Å². The standard InChI is InChI=1S/C7H7BrN4O2/c1-5(8)2-9-7-10-3-6(4-11-7)12(13)14/h3-4H,1-2H2,(H,9,10,11). The van der Waals surface area contributed by atoms with Gasteiger partial charge in [-0.2, -0.15) is 0 Å². The molecular weight excluding hydrogens is 252 g/mol. The highest BCUT2D eigenvalue weighted by Crippen LogP contribution is 2.08. The highest BCUT2D eigenvalue weighted by molar-refractivity contribution is 9.11. The van der Waals surface area contributed by atoms with E-state index in [1.807, 2.05) is 0 Å². The summed E-state index contributed by atoms with van der Waals surface area (Å²) in [6.07, 6.45) is 2.29. The maximum Gasteiger partial charge on any atom is 0.305 e. The molecule has 0 aliphatic heterocycles. The first-order valence-corrected chi connectivity index (χ1v) is 4.42.